The van der Waals surface area contributed by atoms with Gasteiger partial charge in [-0.15, -0.1) is 0 Å². The number of Topliss-reactive ketones (excluding diaryl/α,β-unsaturated/α-hetero) is 1. The summed E-state index contributed by atoms with van der Waals surface area (Å²) in [6, 6.07) is 0.397. The summed E-state index contributed by atoms with van der Waals surface area (Å²) in [7, 11) is 1.93. The summed E-state index contributed by atoms with van der Waals surface area (Å²) in [5.41, 5.74) is 0. The number of nitrogens with one attached hydrogen (secondary N) is 1. The quantitative estimate of drug-likeness (QED) is 0.636. The van der Waals surface area contributed by atoms with Crippen molar-refractivity contribution in [2.75, 3.05) is 7.05 Å². The van der Waals surface area contributed by atoms with Crippen LogP contribution in [-0.2, 0) is 4.79 Å². The highest BCUT2D eigenvalue weighted by molar-refractivity contribution is 5.78. The van der Waals surface area contributed by atoms with Crippen molar-refractivity contribution in [3.8, 4) is 0 Å². The van der Waals surface area contributed by atoms with Crippen LogP contribution in [0.3, 0.4) is 0 Å². The van der Waals surface area contributed by atoms with Crippen LogP contribution >= 0.6 is 0 Å². The standard InChI is InChI=1S/C10H21NO/c1-4-6-9(11-3)8-10(12)7-5-2/h9,11H,4-8H2,1-3H3. The maximum absolute atomic E-state index is 11.2. The molecule has 0 aromatic heterocycles. The molecule has 0 fully saturated rings. The fraction of sp³-hybridized carbons (Fsp3) is 0.900. The third-order valence-electron chi connectivity index (χ3n) is 2.05. The summed E-state index contributed by atoms with van der Waals surface area (Å²) in [4.78, 5) is 11.2. The third kappa shape index (κ3) is 5.30. The van der Waals surface area contributed by atoms with E-state index in [0.717, 1.165) is 25.7 Å². The monoisotopic (exact) mass is 171 g/mol. The summed E-state index contributed by atoms with van der Waals surface area (Å²) < 4.78 is 0. The second-order valence-electron chi connectivity index (χ2n) is 3.27. The largest absolute Gasteiger partial charge is 0.317 e. The molecule has 2 nitrogen and oxygen atoms in total. The van der Waals surface area contributed by atoms with Gasteiger partial charge < -0.3 is 5.32 Å². The van der Waals surface area contributed by atoms with Crippen LogP contribution in [0.2, 0.25) is 0 Å². The summed E-state index contributed by atoms with van der Waals surface area (Å²) in [6.07, 6.45) is 4.67. The van der Waals surface area contributed by atoms with Crippen molar-refractivity contribution in [3.63, 3.8) is 0 Å². The zero-order valence-electron chi connectivity index (χ0n) is 8.52. The summed E-state index contributed by atoms with van der Waals surface area (Å²) in [5, 5.41) is 3.17. The number of rotatable bonds is 7. The lowest BCUT2D eigenvalue weighted by Gasteiger charge is -2.13. The SMILES string of the molecule is CCCC(=O)CC(CCC)NC. The Morgan fingerprint density at radius 3 is 2.42 bits per heavy atom. The predicted molar refractivity (Wildman–Crippen MR) is 52.3 cm³/mol. The van der Waals surface area contributed by atoms with Crippen LogP contribution in [0, 0.1) is 0 Å². The topological polar surface area (TPSA) is 29.1 Å². The van der Waals surface area contributed by atoms with Gasteiger partial charge in [0, 0.05) is 18.9 Å². The lowest BCUT2D eigenvalue weighted by Crippen LogP contribution is -2.27. The molecule has 0 rings (SSSR count). The zero-order valence-corrected chi connectivity index (χ0v) is 8.52. The van der Waals surface area contributed by atoms with Crippen LogP contribution in [0.1, 0.15) is 46.0 Å². The van der Waals surface area contributed by atoms with Gasteiger partial charge in [0.05, 0.1) is 0 Å². The highest BCUT2D eigenvalue weighted by Crippen LogP contribution is 2.04. The Labute approximate surface area is 75.7 Å². The van der Waals surface area contributed by atoms with Gasteiger partial charge in [0.25, 0.3) is 0 Å². The summed E-state index contributed by atoms with van der Waals surface area (Å²) in [6.45, 7) is 4.20. The van der Waals surface area contributed by atoms with Gasteiger partial charge in [-0.2, -0.15) is 0 Å². The number of carbonyl (C=O) groups excluding carboxylic acids is 1. The summed E-state index contributed by atoms with van der Waals surface area (Å²) >= 11 is 0. The van der Waals surface area contributed by atoms with Crippen LogP contribution in [0.15, 0.2) is 0 Å². The Hall–Kier alpha value is -0.370. The van der Waals surface area contributed by atoms with E-state index in [9.17, 15) is 4.79 Å². The normalized spacial score (nSPS) is 12.9. The van der Waals surface area contributed by atoms with E-state index in [0.29, 0.717) is 18.2 Å². The number of hydrogen-bond acceptors (Lipinski definition) is 2. The van der Waals surface area contributed by atoms with Crippen molar-refractivity contribution < 1.29 is 4.79 Å². The Balaban J connectivity index is 3.61. The van der Waals surface area contributed by atoms with E-state index in [1.807, 2.05) is 14.0 Å². The van der Waals surface area contributed by atoms with Gasteiger partial charge in [-0.25, -0.2) is 0 Å². The van der Waals surface area contributed by atoms with Crippen molar-refractivity contribution in [1.82, 2.24) is 5.32 Å². The minimum Gasteiger partial charge on any atom is -0.317 e. The smallest absolute Gasteiger partial charge is 0.134 e. The molecule has 1 N–H and O–H groups in total. The molecule has 12 heavy (non-hydrogen) atoms. The Bertz CT molecular complexity index is 123. The van der Waals surface area contributed by atoms with Gasteiger partial charge >= 0.3 is 0 Å². The number of hydrogen-bond donors (Lipinski definition) is 1. The predicted octanol–water partition coefficient (Wildman–Crippen LogP) is 2.13. The molecule has 0 aliphatic rings. The van der Waals surface area contributed by atoms with Gasteiger partial charge in [-0.3, -0.25) is 4.79 Å². The van der Waals surface area contributed by atoms with Crippen molar-refractivity contribution in [3.05, 3.63) is 0 Å². The molecule has 1 unspecified atom stereocenters. The molecular weight excluding hydrogens is 150 g/mol. The van der Waals surface area contributed by atoms with E-state index >= 15 is 0 Å². The van der Waals surface area contributed by atoms with Crippen molar-refractivity contribution in [2.45, 2.75) is 52.0 Å². The minimum atomic E-state index is 0.394. The molecule has 0 aromatic rings. The van der Waals surface area contributed by atoms with E-state index in [1.165, 1.54) is 0 Å². The van der Waals surface area contributed by atoms with E-state index in [1.54, 1.807) is 0 Å². The zero-order chi connectivity index (χ0) is 9.40. The van der Waals surface area contributed by atoms with Gasteiger partial charge in [0.1, 0.15) is 5.78 Å². The lowest BCUT2D eigenvalue weighted by molar-refractivity contribution is -0.119. The molecule has 0 saturated carbocycles. The average molecular weight is 171 g/mol. The van der Waals surface area contributed by atoms with E-state index in [2.05, 4.69) is 12.2 Å². The first-order chi connectivity index (χ1) is 5.74. The molecule has 72 valence electrons. The van der Waals surface area contributed by atoms with Crippen molar-refractivity contribution >= 4 is 5.78 Å². The van der Waals surface area contributed by atoms with Crippen LogP contribution in [0.4, 0.5) is 0 Å². The molecule has 1 atom stereocenters. The molecule has 0 bridgehead atoms. The van der Waals surface area contributed by atoms with Crippen LogP contribution < -0.4 is 5.32 Å². The molecule has 2 heteroatoms. The van der Waals surface area contributed by atoms with Crippen LogP contribution in [0.5, 0.6) is 0 Å². The molecular formula is C10H21NO. The fourth-order valence-corrected chi connectivity index (χ4v) is 1.35. The molecule has 0 heterocycles. The molecule has 0 saturated heterocycles. The molecule has 0 amide bonds. The van der Waals surface area contributed by atoms with Crippen LogP contribution in [-0.4, -0.2) is 18.9 Å². The molecule has 0 radical (unpaired) electrons. The first-order valence-electron chi connectivity index (χ1n) is 4.93. The maximum atomic E-state index is 11.2. The Morgan fingerprint density at radius 2 is 2.00 bits per heavy atom. The Kier molecular flexibility index (Phi) is 7.06. The Morgan fingerprint density at radius 1 is 1.33 bits per heavy atom. The first kappa shape index (κ1) is 11.6. The van der Waals surface area contributed by atoms with Crippen molar-refractivity contribution in [1.29, 1.82) is 0 Å². The number of carbonyl (C=O) groups is 1. The first-order valence-corrected chi connectivity index (χ1v) is 4.93. The second-order valence-corrected chi connectivity index (χ2v) is 3.27. The second kappa shape index (κ2) is 7.29. The molecule has 0 aliphatic carbocycles. The molecule has 0 aliphatic heterocycles. The van der Waals surface area contributed by atoms with Crippen molar-refractivity contribution in [2.24, 2.45) is 0 Å². The molecule has 0 aromatic carbocycles. The van der Waals surface area contributed by atoms with Gasteiger partial charge in [-0.1, -0.05) is 20.3 Å². The molecule has 0 spiro atoms. The highest BCUT2D eigenvalue weighted by Gasteiger charge is 2.09. The highest BCUT2D eigenvalue weighted by atomic mass is 16.1. The minimum absolute atomic E-state index is 0.394. The average Bonchev–Trinajstić information content (AvgIpc) is 2.04. The van der Waals surface area contributed by atoms with Crippen LogP contribution in [0.25, 0.3) is 0 Å². The lowest BCUT2D eigenvalue weighted by atomic mass is 10.0. The maximum Gasteiger partial charge on any atom is 0.134 e. The van der Waals surface area contributed by atoms with E-state index in [-0.39, 0.29) is 0 Å². The van der Waals surface area contributed by atoms with Gasteiger partial charge in [0.15, 0.2) is 0 Å². The van der Waals surface area contributed by atoms with Gasteiger partial charge in [0.2, 0.25) is 0 Å². The van der Waals surface area contributed by atoms with E-state index in [4.69, 9.17) is 0 Å². The van der Waals surface area contributed by atoms with E-state index < -0.39 is 0 Å². The fourth-order valence-electron chi connectivity index (χ4n) is 1.35. The van der Waals surface area contributed by atoms with Gasteiger partial charge in [-0.05, 0) is 19.9 Å². The summed E-state index contributed by atoms with van der Waals surface area (Å²) in [5.74, 6) is 0.394. The third-order valence-corrected chi connectivity index (χ3v) is 2.05. The number of ketones is 1.